The Balaban J connectivity index is 1.80. The van der Waals surface area contributed by atoms with Gasteiger partial charge in [0.25, 0.3) is 5.69 Å². The van der Waals surface area contributed by atoms with Crippen LogP contribution < -0.4 is 10.1 Å². The van der Waals surface area contributed by atoms with Crippen molar-refractivity contribution in [1.29, 1.82) is 5.26 Å². The molecule has 0 aliphatic carbocycles. The van der Waals surface area contributed by atoms with Crippen molar-refractivity contribution in [3.8, 4) is 23.1 Å². The summed E-state index contributed by atoms with van der Waals surface area (Å²) < 4.78 is 5.17. The predicted molar refractivity (Wildman–Crippen MR) is 104 cm³/mol. The van der Waals surface area contributed by atoms with Crippen LogP contribution in [0, 0.1) is 21.4 Å². The lowest BCUT2D eigenvalue weighted by molar-refractivity contribution is -0.384. The van der Waals surface area contributed by atoms with Gasteiger partial charge in [-0.1, -0.05) is 6.07 Å². The van der Waals surface area contributed by atoms with E-state index in [-0.39, 0.29) is 5.69 Å². The third-order valence-corrected chi connectivity index (χ3v) is 4.56. The zero-order valence-electron chi connectivity index (χ0n) is 14.2. The maximum atomic E-state index is 10.7. The van der Waals surface area contributed by atoms with E-state index >= 15 is 0 Å². The number of hydrogen-bond donors (Lipinski definition) is 1. The van der Waals surface area contributed by atoms with E-state index in [1.165, 1.54) is 23.5 Å². The molecule has 1 heterocycles. The van der Waals surface area contributed by atoms with Crippen LogP contribution in [0.15, 0.2) is 60.1 Å². The molecule has 27 heavy (non-hydrogen) atoms. The maximum Gasteiger partial charge on any atom is 0.269 e. The number of nitro groups is 1. The van der Waals surface area contributed by atoms with E-state index in [1.54, 1.807) is 25.4 Å². The van der Waals surface area contributed by atoms with Crippen molar-refractivity contribution < 1.29 is 9.66 Å². The van der Waals surface area contributed by atoms with Crippen LogP contribution in [0.25, 0.3) is 16.8 Å². The number of methoxy groups -OCH3 is 1. The molecule has 0 saturated carbocycles. The summed E-state index contributed by atoms with van der Waals surface area (Å²) in [6.07, 6.45) is 1.59. The molecule has 134 valence electrons. The number of hydrogen-bond acceptors (Lipinski definition) is 7. The molecule has 3 rings (SSSR count). The van der Waals surface area contributed by atoms with E-state index in [1.807, 2.05) is 29.6 Å². The molecule has 0 aliphatic heterocycles. The van der Waals surface area contributed by atoms with Crippen LogP contribution in [0.4, 0.5) is 11.4 Å². The van der Waals surface area contributed by atoms with Gasteiger partial charge >= 0.3 is 0 Å². The highest BCUT2D eigenvalue weighted by atomic mass is 32.1. The molecule has 0 saturated heterocycles. The van der Waals surface area contributed by atoms with Gasteiger partial charge in [-0.2, -0.15) is 5.26 Å². The van der Waals surface area contributed by atoms with Crippen molar-refractivity contribution in [3.63, 3.8) is 0 Å². The smallest absolute Gasteiger partial charge is 0.269 e. The van der Waals surface area contributed by atoms with Crippen LogP contribution in [0.5, 0.6) is 5.75 Å². The molecule has 1 N–H and O–H groups in total. The molecule has 0 bridgehead atoms. The lowest BCUT2D eigenvalue weighted by atomic mass is 10.1. The first-order chi connectivity index (χ1) is 13.1. The topological polar surface area (TPSA) is 101 Å². The zero-order chi connectivity index (χ0) is 19.2. The molecule has 0 unspecified atom stereocenters. The van der Waals surface area contributed by atoms with Crippen molar-refractivity contribution in [2.45, 2.75) is 0 Å². The monoisotopic (exact) mass is 378 g/mol. The van der Waals surface area contributed by atoms with Crippen molar-refractivity contribution in [2.24, 2.45) is 0 Å². The molecule has 0 atom stereocenters. The Kier molecular flexibility index (Phi) is 5.44. The minimum atomic E-state index is -0.447. The number of nitrogens with one attached hydrogen (secondary N) is 1. The Morgan fingerprint density at radius 1 is 1.33 bits per heavy atom. The number of allylic oxidation sites excluding steroid dienone is 1. The van der Waals surface area contributed by atoms with Gasteiger partial charge in [0.15, 0.2) is 0 Å². The van der Waals surface area contributed by atoms with E-state index < -0.39 is 4.92 Å². The molecule has 0 aliphatic rings. The van der Waals surface area contributed by atoms with Crippen LogP contribution in [-0.4, -0.2) is 17.0 Å². The van der Waals surface area contributed by atoms with Gasteiger partial charge in [-0.3, -0.25) is 10.1 Å². The molecule has 1 aromatic heterocycles. The van der Waals surface area contributed by atoms with Crippen molar-refractivity contribution in [1.82, 2.24) is 4.98 Å². The summed E-state index contributed by atoms with van der Waals surface area (Å²) in [5.74, 6) is 0.710. The molecular formula is C19H14N4O3S. The van der Waals surface area contributed by atoms with E-state index in [0.717, 1.165) is 11.3 Å². The second kappa shape index (κ2) is 8.12. The van der Waals surface area contributed by atoms with Gasteiger partial charge in [0, 0.05) is 41.0 Å². The van der Waals surface area contributed by atoms with Gasteiger partial charge in [0.1, 0.15) is 22.4 Å². The van der Waals surface area contributed by atoms with Gasteiger partial charge in [-0.25, -0.2) is 4.98 Å². The largest absolute Gasteiger partial charge is 0.497 e. The quantitative estimate of drug-likeness (QED) is 0.379. The highest BCUT2D eigenvalue weighted by molar-refractivity contribution is 7.11. The van der Waals surface area contributed by atoms with E-state index in [2.05, 4.69) is 16.4 Å². The highest BCUT2D eigenvalue weighted by Gasteiger charge is 2.11. The van der Waals surface area contributed by atoms with Crippen molar-refractivity contribution >= 4 is 28.3 Å². The number of aromatic nitrogens is 1. The average molecular weight is 378 g/mol. The first-order valence-electron chi connectivity index (χ1n) is 7.82. The molecule has 7 nitrogen and oxygen atoms in total. The fraction of sp³-hybridized carbons (Fsp3) is 0.0526. The van der Waals surface area contributed by atoms with Gasteiger partial charge in [0.05, 0.1) is 17.7 Å². The predicted octanol–water partition coefficient (Wildman–Crippen LogP) is 4.70. The number of rotatable bonds is 6. The Morgan fingerprint density at radius 2 is 2.11 bits per heavy atom. The van der Waals surface area contributed by atoms with Gasteiger partial charge in [-0.15, -0.1) is 11.3 Å². The fourth-order valence-corrected chi connectivity index (χ4v) is 3.09. The number of nitrogens with zero attached hydrogens (tertiary/aromatic N) is 3. The Hall–Kier alpha value is -3.70. The summed E-state index contributed by atoms with van der Waals surface area (Å²) in [6.45, 7) is 0. The molecule has 2 aromatic carbocycles. The molecule has 0 fully saturated rings. The van der Waals surface area contributed by atoms with Gasteiger partial charge in [0.2, 0.25) is 0 Å². The minimum Gasteiger partial charge on any atom is -0.497 e. The lowest BCUT2D eigenvalue weighted by Gasteiger charge is -2.04. The zero-order valence-corrected chi connectivity index (χ0v) is 15.1. The summed E-state index contributed by atoms with van der Waals surface area (Å²) in [7, 11) is 1.59. The average Bonchev–Trinajstić information content (AvgIpc) is 3.19. The first kappa shape index (κ1) is 18.1. The van der Waals surface area contributed by atoms with Gasteiger partial charge < -0.3 is 10.1 Å². The molecule has 8 heteroatoms. The minimum absolute atomic E-state index is 0.0225. The molecule has 0 amide bonds. The van der Waals surface area contributed by atoms with Crippen LogP contribution >= 0.6 is 11.3 Å². The number of nitro benzene ring substituents is 1. The number of nitriles is 1. The number of benzene rings is 2. The lowest BCUT2D eigenvalue weighted by Crippen LogP contribution is -1.92. The van der Waals surface area contributed by atoms with E-state index in [9.17, 15) is 15.4 Å². The van der Waals surface area contributed by atoms with E-state index in [4.69, 9.17) is 4.74 Å². The fourth-order valence-electron chi connectivity index (χ4n) is 2.29. The molecule has 0 spiro atoms. The number of non-ortho nitro benzene ring substituents is 1. The third kappa shape index (κ3) is 4.29. The van der Waals surface area contributed by atoms with Crippen LogP contribution in [0.1, 0.15) is 5.01 Å². The summed E-state index contributed by atoms with van der Waals surface area (Å²) in [6, 6.07) is 15.6. The van der Waals surface area contributed by atoms with Crippen LogP contribution in [-0.2, 0) is 0 Å². The number of ether oxygens (including phenoxy) is 1. The summed E-state index contributed by atoms with van der Waals surface area (Å²) >= 11 is 1.33. The number of anilines is 1. The Labute approximate surface area is 159 Å². The normalized spacial score (nSPS) is 10.9. The second-order valence-corrected chi connectivity index (χ2v) is 6.25. The van der Waals surface area contributed by atoms with Crippen molar-refractivity contribution in [3.05, 3.63) is 75.2 Å². The molecule has 0 radical (unpaired) electrons. The molecule has 3 aromatic rings. The Morgan fingerprint density at radius 3 is 2.78 bits per heavy atom. The summed E-state index contributed by atoms with van der Waals surface area (Å²) in [4.78, 5) is 14.8. The van der Waals surface area contributed by atoms with Crippen LogP contribution in [0.2, 0.25) is 0 Å². The number of thiazole rings is 1. The summed E-state index contributed by atoms with van der Waals surface area (Å²) in [5, 5.41) is 25.6. The molecular weight excluding hydrogens is 364 g/mol. The van der Waals surface area contributed by atoms with Crippen LogP contribution in [0.3, 0.4) is 0 Å². The first-order valence-corrected chi connectivity index (χ1v) is 8.70. The van der Waals surface area contributed by atoms with Gasteiger partial charge in [-0.05, 0) is 24.3 Å². The highest BCUT2D eigenvalue weighted by Crippen LogP contribution is 2.27. The SMILES string of the molecule is COc1cccc(NC=C(C#N)c2nc(-c3ccc([N+](=O)[O-])cc3)cs2)c1. The third-order valence-electron chi connectivity index (χ3n) is 3.68. The standard InChI is InChI=1S/C19H14N4O3S/c1-26-17-4-2-3-15(9-17)21-11-14(10-20)19-22-18(12-27-19)13-5-7-16(8-6-13)23(24)25/h2-9,11-12,21H,1H3. The maximum absolute atomic E-state index is 10.7. The van der Waals surface area contributed by atoms with Crippen molar-refractivity contribution in [2.75, 3.05) is 12.4 Å². The summed E-state index contributed by atoms with van der Waals surface area (Å²) in [5.41, 5.74) is 2.60. The second-order valence-electron chi connectivity index (χ2n) is 5.39. The Bertz CT molecular complexity index is 1040. The van der Waals surface area contributed by atoms with E-state index in [0.29, 0.717) is 22.0 Å².